The molecule has 2 aromatic carbocycles. The summed E-state index contributed by atoms with van der Waals surface area (Å²) in [5, 5.41) is 2.54. The quantitative estimate of drug-likeness (QED) is 0.400. The van der Waals surface area contributed by atoms with Crippen molar-refractivity contribution in [3.8, 4) is 0 Å². The number of hydrogen-bond donors (Lipinski definition) is 0. The van der Waals surface area contributed by atoms with Gasteiger partial charge in [0.2, 0.25) is 0 Å². The molecule has 4 heteroatoms. The van der Waals surface area contributed by atoms with Crippen molar-refractivity contribution in [1.82, 2.24) is 0 Å². The van der Waals surface area contributed by atoms with Gasteiger partial charge in [-0.25, -0.2) is 11.1 Å². The molecule has 0 aliphatic heterocycles. The Bertz CT molecular complexity index is 1070. The summed E-state index contributed by atoms with van der Waals surface area (Å²) in [6.07, 6.45) is 8.10. The first-order valence-corrected chi connectivity index (χ1v) is 13.3. The van der Waals surface area contributed by atoms with E-state index in [4.69, 9.17) is 0 Å². The Hall–Kier alpha value is -1.09. The van der Waals surface area contributed by atoms with Crippen LogP contribution in [0.4, 0.5) is 0 Å². The minimum absolute atomic E-state index is 0. The molecule has 2 aliphatic rings. The Kier molecular flexibility index (Phi) is 9.91. The molecule has 0 saturated carbocycles. The molecule has 2 aliphatic carbocycles. The molecule has 0 saturated heterocycles. The van der Waals surface area contributed by atoms with E-state index in [9.17, 15) is 0 Å². The minimum Gasteiger partial charge on any atom is -1.00 e. The number of allylic oxidation sites excluding steroid dienone is 8. The van der Waals surface area contributed by atoms with E-state index in [1.54, 1.807) is 0 Å². The number of benzene rings is 2. The smallest absolute Gasteiger partial charge is 1.00 e. The third kappa shape index (κ3) is 4.02. The predicted molar refractivity (Wildman–Crippen MR) is 136 cm³/mol. The Morgan fingerprint density at radius 2 is 0.853 bits per heavy atom. The monoisotopic (exact) mass is 540 g/mol. The molecule has 2 atom stereocenters. The molecule has 0 nitrogen and oxygen atoms in total. The molecule has 0 fully saturated rings. The van der Waals surface area contributed by atoms with Gasteiger partial charge in [0.25, 0.3) is 0 Å². The van der Waals surface area contributed by atoms with Crippen LogP contribution in [0.5, 0.6) is 0 Å². The van der Waals surface area contributed by atoms with Crippen molar-refractivity contribution in [3.63, 3.8) is 0 Å². The molecule has 0 radical (unpaired) electrons. The van der Waals surface area contributed by atoms with Gasteiger partial charge in [-0.3, -0.25) is 12.2 Å². The zero-order chi connectivity index (χ0) is 22.6. The Labute approximate surface area is 235 Å². The average Bonchev–Trinajstić information content (AvgIpc) is 3.09. The van der Waals surface area contributed by atoms with Gasteiger partial charge in [0.15, 0.2) is 0 Å². The standard InChI is InChI=1S/C30H34Si.2ClH.Ti/c1-21-19-29(7,25(5)23(21)3)31(27-15-11-9-12-16-27,28-17-13-10-14-18-28)30(8)20-22(2)24(4)26(30)6;;;/h9-18H,1-8H3;2*1H;/q-2;;;+4/p-2. The summed E-state index contributed by atoms with van der Waals surface area (Å²) >= 11 is 0. The van der Waals surface area contributed by atoms with Crippen molar-refractivity contribution in [2.24, 2.45) is 0 Å². The van der Waals surface area contributed by atoms with Gasteiger partial charge < -0.3 is 24.8 Å². The van der Waals surface area contributed by atoms with E-state index in [2.05, 4.69) is 128 Å². The van der Waals surface area contributed by atoms with Gasteiger partial charge in [0.05, 0.1) is 0 Å². The minimum atomic E-state index is -2.60. The van der Waals surface area contributed by atoms with Gasteiger partial charge in [-0.1, -0.05) is 123 Å². The van der Waals surface area contributed by atoms with Crippen LogP contribution in [0.3, 0.4) is 0 Å². The maximum Gasteiger partial charge on any atom is 4.00 e. The molecule has 0 aromatic heterocycles. The molecule has 2 unspecified atom stereocenters. The molecule has 0 bridgehead atoms. The first-order chi connectivity index (χ1) is 14.6. The average molecular weight is 541 g/mol. The van der Waals surface area contributed by atoms with Gasteiger partial charge >= 0.3 is 21.7 Å². The van der Waals surface area contributed by atoms with Crippen LogP contribution in [0.2, 0.25) is 10.1 Å². The van der Waals surface area contributed by atoms with Crippen LogP contribution in [-0.4, -0.2) is 8.07 Å². The fourth-order valence-corrected chi connectivity index (χ4v) is 13.7. The topological polar surface area (TPSA) is 0 Å². The summed E-state index contributed by atoms with van der Waals surface area (Å²) in [5.74, 6) is 0. The van der Waals surface area contributed by atoms with Gasteiger partial charge in [0, 0.05) is 0 Å². The number of rotatable bonds is 4. The molecular formula is C30H34Cl2SiTi. The molecule has 2 aromatic rings. The molecule has 4 rings (SSSR count). The van der Waals surface area contributed by atoms with Crippen LogP contribution in [0, 0.1) is 12.2 Å². The van der Waals surface area contributed by atoms with E-state index in [1.165, 1.54) is 43.8 Å². The van der Waals surface area contributed by atoms with Crippen LogP contribution in [0.1, 0.15) is 55.4 Å². The van der Waals surface area contributed by atoms with Crippen LogP contribution in [0.25, 0.3) is 0 Å². The van der Waals surface area contributed by atoms with Gasteiger partial charge in [0.1, 0.15) is 8.07 Å². The van der Waals surface area contributed by atoms with Crippen molar-refractivity contribution in [2.45, 2.75) is 65.5 Å². The molecule has 0 heterocycles. The zero-order valence-corrected chi connectivity index (χ0v) is 25.6. The molecular weight excluding hydrogens is 507 g/mol. The third-order valence-corrected chi connectivity index (χ3v) is 14.9. The van der Waals surface area contributed by atoms with Crippen LogP contribution in [-0.2, 0) is 21.7 Å². The number of halogens is 2. The summed E-state index contributed by atoms with van der Waals surface area (Å²) in [4.78, 5) is 0. The first kappa shape index (κ1) is 30.9. The summed E-state index contributed by atoms with van der Waals surface area (Å²) in [6.45, 7) is 18.6. The SMILES string of the molecule is CC1=[C-]C(C)([Si](c2ccccc2)(c2ccccc2)C2(C)[C-]=C(C)C(C)=C2C)C(C)=C1C.[Cl-].[Cl-].[Ti+4]. The molecule has 0 spiro atoms. The summed E-state index contributed by atoms with van der Waals surface area (Å²) < 4.78 is 0. The second-order valence-corrected chi connectivity index (χ2v) is 14.4. The second-order valence-electron chi connectivity index (χ2n) is 9.73. The normalized spacial score (nSPS) is 24.1. The van der Waals surface area contributed by atoms with Crippen LogP contribution < -0.4 is 35.2 Å². The predicted octanol–water partition coefficient (Wildman–Crippen LogP) is 0.975. The maximum atomic E-state index is 4.05. The van der Waals surface area contributed by atoms with Gasteiger partial charge in [-0.15, -0.1) is 13.8 Å². The molecule has 0 N–H and O–H groups in total. The van der Waals surface area contributed by atoms with Crippen LogP contribution >= 0.6 is 0 Å². The van der Waals surface area contributed by atoms with Crippen molar-refractivity contribution in [1.29, 1.82) is 0 Å². The molecule has 176 valence electrons. The van der Waals surface area contributed by atoms with Crippen molar-refractivity contribution in [3.05, 3.63) is 106 Å². The number of hydrogen-bond acceptors (Lipinski definition) is 0. The van der Waals surface area contributed by atoms with Gasteiger partial charge in [-0.2, -0.15) is 22.3 Å². The van der Waals surface area contributed by atoms with Crippen molar-refractivity contribution < 1.29 is 46.5 Å². The van der Waals surface area contributed by atoms with Crippen molar-refractivity contribution >= 4 is 18.4 Å². The van der Waals surface area contributed by atoms with E-state index in [1.807, 2.05) is 0 Å². The second kappa shape index (κ2) is 10.9. The fourth-order valence-electron chi connectivity index (χ4n) is 6.39. The van der Waals surface area contributed by atoms with E-state index in [0.29, 0.717) is 0 Å². The Morgan fingerprint density at radius 3 is 1.09 bits per heavy atom. The third-order valence-electron chi connectivity index (χ3n) is 8.54. The van der Waals surface area contributed by atoms with E-state index in [-0.39, 0.29) is 56.6 Å². The molecule has 34 heavy (non-hydrogen) atoms. The van der Waals surface area contributed by atoms with E-state index < -0.39 is 8.07 Å². The maximum absolute atomic E-state index is 4.05. The Morgan fingerprint density at radius 1 is 0.559 bits per heavy atom. The summed E-state index contributed by atoms with van der Waals surface area (Å²) in [6, 6.07) is 22.6. The first-order valence-electron chi connectivity index (χ1n) is 11.3. The molecule has 0 amide bonds. The van der Waals surface area contributed by atoms with Crippen molar-refractivity contribution in [2.75, 3.05) is 0 Å². The van der Waals surface area contributed by atoms with E-state index in [0.717, 1.165) is 0 Å². The van der Waals surface area contributed by atoms with Gasteiger partial charge in [-0.05, 0) is 0 Å². The summed E-state index contributed by atoms with van der Waals surface area (Å²) in [5.41, 5.74) is 8.30. The summed E-state index contributed by atoms with van der Waals surface area (Å²) in [7, 11) is -2.60. The largest absolute Gasteiger partial charge is 4.00 e. The van der Waals surface area contributed by atoms with Crippen LogP contribution in [0.15, 0.2) is 94.1 Å². The Balaban J connectivity index is 0.00000193. The fraction of sp³-hybridized carbons (Fsp3) is 0.333. The zero-order valence-electron chi connectivity index (χ0n) is 21.5. The van der Waals surface area contributed by atoms with E-state index >= 15 is 0 Å².